The summed E-state index contributed by atoms with van der Waals surface area (Å²) in [6.45, 7) is 6.38. The zero-order chi connectivity index (χ0) is 21.0. The first-order valence-corrected chi connectivity index (χ1v) is 11.9. The number of aryl methyl sites for hydroxylation is 1. The Labute approximate surface area is 175 Å². The van der Waals surface area contributed by atoms with Crippen molar-refractivity contribution < 1.29 is 17.9 Å². The van der Waals surface area contributed by atoms with E-state index in [2.05, 4.69) is 22.4 Å². The number of benzene rings is 1. The second kappa shape index (κ2) is 9.29. The highest BCUT2D eigenvalue weighted by molar-refractivity contribution is 7.89. The number of ketones is 1. The number of anilines is 1. The molecule has 158 valence electrons. The largest absolute Gasteiger partial charge is 0.373 e. The number of nitrogens with zero attached hydrogens (tertiary/aromatic N) is 3. The van der Waals surface area contributed by atoms with Gasteiger partial charge < -0.3 is 10.1 Å². The van der Waals surface area contributed by atoms with E-state index in [1.165, 1.54) is 27.8 Å². The topological polar surface area (TPSA) is 101 Å². The van der Waals surface area contributed by atoms with E-state index in [-0.39, 0.29) is 29.4 Å². The number of morpholine rings is 1. The normalized spacial score (nSPS) is 20.5. The summed E-state index contributed by atoms with van der Waals surface area (Å²) in [7, 11) is -3.69. The summed E-state index contributed by atoms with van der Waals surface area (Å²) in [5, 5.41) is 12.6. The number of rotatable bonds is 8. The molecule has 0 bridgehead atoms. The van der Waals surface area contributed by atoms with E-state index in [0.29, 0.717) is 23.8 Å². The molecule has 0 aliphatic carbocycles. The maximum atomic E-state index is 13.0. The summed E-state index contributed by atoms with van der Waals surface area (Å²) >= 11 is 1.42. The Morgan fingerprint density at radius 3 is 2.69 bits per heavy atom. The standard InChI is InChI=1S/C19H26N4O4S2/c1-4-6-18-21-22-19(28-18)20-10-17(24)15-7-5-8-16(9-15)29(25,26)23-11-13(2)27-14(3)12-23/h5,7-9,13-14H,4,6,10-12H2,1-3H3,(H,20,22). The number of nitrogens with one attached hydrogen (secondary N) is 1. The molecule has 29 heavy (non-hydrogen) atoms. The Kier molecular flexibility index (Phi) is 6.99. The van der Waals surface area contributed by atoms with Gasteiger partial charge in [-0.3, -0.25) is 4.79 Å². The Morgan fingerprint density at radius 2 is 2.00 bits per heavy atom. The number of carbonyl (C=O) groups is 1. The third-order valence-corrected chi connectivity index (χ3v) is 7.28. The minimum Gasteiger partial charge on any atom is -0.373 e. The van der Waals surface area contributed by atoms with Gasteiger partial charge >= 0.3 is 0 Å². The molecule has 0 radical (unpaired) electrons. The van der Waals surface area contributed by atoms with Crippen molar-refractivity contribution in [3.8, 4) is 0 Å². The lowest BCUT2D eigenvalue weighted by atomic mass is 10.1. The van der Waals surface area contributed by atoms with Crippen LogP contribution in [-0.2, 0) is 21.2 Å². The second-order valence-electron chi connectivity index (χ2n) is 7.13. The fraction of sp³-hybridized carbons (Fsp3) is 0.526. The second-order valence-corrected chi connectivity index (χ2v) is 10.1. The number of Topliss-reactive ketones (excluding diaryl/α,β-unsaturated/α-hetero) is 1. The van der Waals surface area contributed by atoms with Crippen LogP contribution in [0.4, 0.5) is 5.13 Å². The van der Waals surface area contributed by atoms with E-state index in [1.54, 1.807) is 12.1 Å². The quantitative estimate of drug-likeness (QED) is 0.632. The molecule has 2 atom stereocenters. The van der Waals surface area contributed by atoms with Gasteiger partial charge in [0.25, 0.3) is 0 Å². The van der Waals surface area contributed by atoms with E-state index in [0.717, 1.165) is 17.8 Å². The monoisotopic (exact) mass is 438 g/mol. The molecule has 2 heterocycles. The van der Waals surface area contributed by atoms with Gasteiger partial charge in [0.15, 0.2) is 5.78 Å². The molecule has 1 aliphatic rings. The van der Waals surface area contributed by atoms with Crippen LogP contribution in [0.15, 0.2) is 29.2 Å². The average molecular weight is 439 g/mol. The van der Waals surface area contributed by atoms with Crippen molar-refractivity contribution in [2.24, 2.45) is 0 Å². The van der Waals surface area contributed by atoms with Crippen LogP contribution >= 0.6 is 11.3 Å². The first kappa shape index (κ1) is 21.8. The molecule has 1 aliphatic heterocycles. The Hall–Kier alpha value is -1.88. The van der Waals surface area contributed by atoms with Crippen molar-refractivity contribution in [2.75, 3.05) is 25.0 Å². The summed E-state index contributed by atoms with van der Waals surface area (Å²) in [6, 6.07) is 6.17. The molecule has 3 rings (SSSR count). The molecule has 8 nitrogen and oxygen atoms in total. The van der Waals surface area contributed by atoms with Gasteiger partial charge in [-0.2, -0.15) is 4.31 Å². The molecular formula is C19H26N4O4S2. The van der Waals surface area contributed by atoms with Crippen molar-refractivity contribution in [3.63, 3.8) is 0 Å². The van der Waals surface area contributed by atoms with Crippen LogP contribution in [0.1, 0.15) is 42.6 Å². The van der Waals surface area contributed by atoms with Crippen LogP contribution in [0.5, 0.6) is 0 Å². The molecule has 0 saturated carbocycles. The van der Waals surface area contributed by atoms with E-state index in [1.807, 2.05) is 13.8 Å². The minimum atomic E-state index is -3.69. The summed E-state index contributed by atoms with van der Waals surface area (Å²) in [4.78, 5) is 12.7. The summed E-state index contributed by atoms with van der Waals surface area (Å²) in [5.41, 5.74) is 0.339. The van der Waals surface area contributed by atoms with E-state index >= 15 is 0 Å². The lowest BCUT2D eigenvalue weighted by Gasteiger charge is -2.34. The van der Waals surface area contributed by atoms with Crippen LogP contribution in [0, 0.1) is 0 Å². The number of aromatic nitrogens is 2. The van der Waals surface area contributed by atoms with Gasteiger partial charge in [0, 0.05) is 25.1 Å². The number of carbonyl (C=O) groups excluding carboxylic acids is 1. The van der Waals surface area contributed by atoms with E-state index in [9.17, 15) is 13.2 Å². The molecule has 2 aromatic rings. The SMILES string of the molecule is CCCc1nnc(NCC(=O)c2cccc(S(=O)(=O)N3CC(C)OC(C)C3)c2)s1. The first-order valence-electron chi connectivity index (χ1n) is 9.64. The van der Waals surface area contributed by atoms with Gasteiger partial charge in [0.05, 0.1) is 23.6 Å². The molecule has 0 spiro atoms. The Morgan fingerprint density at radius 1 is 1.28 bits per heavy atom. The molecule has 2 unspecified atom stereocenters. The molecule has 0 amide bonds. The zero-order valence-corrected chi connectivity index (χ0v) is 18.4. The molecule has 1 fully saturated rings. The highest BCUT2D eigenvalue weighted by atomic mass is 32.2. The van der Waals surface area contributed by atoms with Crippen LogP contribution in [-0.4, -0.2) is 60.5 Å². The van der Waals surface area contributed by atoms with Crippen molar-refractivity contribution in [1.82, 2.24) is 14.5 Å². The number of ether oxygens (including phenoxy) is 1. The van der Waals surface area contributed by atoms with Crippen molar-refractivity contribution in [1.29, 1.82) is 0 Å². The maximum Gasteiger partial charge on any atom is 0.243 e. The van der Waals surface area contributed by atoms with Crippen LogP contribution in [0.2, 0.25) is 0 Å². The number of hydrogen-bond acceptors (Lipinski definition) is 8. The lowest BCUT2D eigenvalue weighted by Crippen LogP contribution is -2.48. The van der Waals surface area contributed by atoms with Gasteiger partial charge in [-0.1, -0.05) is 30.4 Å². The van der Waals surface area contributed by atoms with Crippen molar-refractivity contribution in [3.05, 3.63) is 34.8 Å². The molecule has 1 N–H and O–H groups in total. The smallest absolute Gasteiger partial charge is 0.243 e. The van der Waals surface area contributed by atoms with E-state index < -0.39 is 10.0 Å². The van der Waals surface area contributed by atoms with Crippen molar-refractivity contribution >= 4 is 32.3 Å². The first-order chi connectivity index (χ1) is 13.8. The third-order valence-electron chi connectivity index (χ3n) is 4.51. The molecule has 1 aromatic heterocycles. The molecular weight excluding hydrogens is 412 g/mol. The molecule has 1 saturated heterocycles. The fourth-order valence-corrected chi connectivity index (χ4v) is 5.68. The third kappa shape index (κ3) is 5.39. The Bertz CT molecular complexity index is 951. The van der Waals surface area contributed by atoms with Gasteiger partial charge in [-0.05, 0) is 32.4 Å². The predicted octanol–water partition coefficient (Wildman–Crippen LogP) is 2.58. The predicted molar refractivity (Wildman–Crippen MR) is 112 cm³/mol. The van der Waals surface area contributed by atoms with Gasteiger partial charge in [0.2, 0.25) is 15.2 Å². The highest BCUT2D eigenvalue weighted by Gasteiger charge is 2.32. The van der Waals surface area contributed by atoms with Crippen molar-refractivity contribution in [2.45, 2.75) is 50.7 Å². The van der Waals surface area contributed by atoms with E-state index in [4.69, 9.17) is 4.74 Å². The van der Waals surface area contributed by atoms with Crippen LogP contribution < -0.4 is 5.32 Å². The summed E-state index contributed by atoms with van der Waals surface area (Å²) in [5.74, 6) is -0.210. The highest BCUT2D eigenvalue weighted by Crippen LogP contribution is 2.22. The van der Waals surface area contributed by atoms with Crippen LogP contribution in [0.25, 0.3) is 0 Å². The minimum absolute atomic E-state index is 0.0237. The molecule has 1 aromatic carbocycles. The van der Waals surface area contributed by atoms with Crippen LogP contribution in [0.3, 0.4) is 0 Å². The molecule has 10 heteroatoms. The zero-order valence-electron chi connectivity index (χ0n) is 16.8. The summed E-state index contributed by atoms with van der Waals surface area (Å²) in [6.07, 6.45) is 1.49. The Balaban J connectivity index is 1.70. The average Bonchev–Trinajstić information content (AvgIpc) is 3.13. The maximum absolute atomic E-state index is 13.0. The summed E-state index contributed by atoms with van der Waals surface area (Å²) < 4.78 is 33.1. The fourth-order valence-electron chi connectivity index (χ4n) is 3.20. The van der Waals surface area contributed by atoms with Gasteiger partial charge in [-0.15, -0.1) is 10.2 Å². The van der Waals surface area contributed by atoms with Gasteiger partial charge in [-0.25, -0.2) is 8.42 Å². The van der Waals surface area contributed by atoms with Gasteiger partial charge in [0.1, 0.15) is 5.01 Å². The lowest BCUT2D eigenvalue weighted by molar-refractivity contribution is -0.0440. The number of hydrogen-bond donors (Lipinski definition) is 1. The number of sulfonamides is 1.